The normalized spacial score (nSPS) is 10.5. The number of aromatic nitrogens is 1. The Morgan fingerprint density at radius 2 is 2.00 bits per heavy atom. The molecule has 0 bridgehead atoms. The maximum atomic E-state index is 10.8. The second kappa shape index (κ2) is 4.64. The van der Waals surface area contributed by atoms with Crippen LogP contribution in [0.1, 0.15) is 21.6 Å². The number of phenolic OH excluding ortho intramolecular Hbond substituents is 1. The van der Waals surface area contributed by atoms with Gasteiger partial charge in [-0.15, -0.1) is 0 Å². The van der Waals surface area contributed by atoms with E-state index in [-0.39, 0.29) is 11.4 Å². The zero-order valence-electron chi connectivity index (χ0n) is 10.7. The lowest BCUT2D eigenvalue weighted by Gasteiger charge is -2.12. The fourth-order valence-electron chi connectivity index (χ4n) is 1.79. The van der Waals surface area contributed by atoms with Gasteiger partial charge in [0.05, 0.1) is 7.11 Å². The zero-order valence-corrected chi connectivity index (χ0v) is 10.7. The molecule has 0 amide bonds. The summed E-state index contributed by atoms with van der Waals surface area (Å²) >= 11 is 0. The molecule has 1 aromatic heterocycles. The van der Waals surface area contributed by atoms with Crippen LogP contribution >= 0.6 is 0 Å². The third-order valence-corrected chi connectivity index (χ3v) is 3.05. The molecule has 0 atom stereocenters. The van der Waals surface area contributed by atoms with E-state index in [1.54, 1.807) is 19.9 Å². The summed E-state index contributed by atoms with van der Waals surface area (Å²) in [5.41, 5.74) is 1.88. The Morgan fingerprint density at radius 1 is 1.32 bits per heavy atom. The van der Waals surface area contributed by atoms with Gasteiger partial charge in [-0.3, -0.25) is 0 Å². The first-order valence-electron chi connectivity index (χ1n) is 5.53. The van der Waals surface area contributed by atoms with Crippen molar-refractivity contribution in [3.05, 3.63) is 29.0 Å². The van der Waals surface area contributed by atoms with Crippen LogP contribution in [0.25, 0.3) is 11.3 Å². The number of aromatic hydroxyl groups is 1. The minimum Gasteiger partial charge on any atom is -0.504 e. The molecule has 1 heterocycles. The van der Waals surface area contributed by atoms with Crippen molar-refractivity contribution in [1.29, 1.82) is 0 Å². The number of carbonyl (C=O) groups is 1. The SMILES string of the molecule is COc1cc(-c2cc(C(=O)O)no2)c(C)c(C)c1O. The van der Waals surface area contributed by atoms with Gasteiger partial charge in [0.2, 0.25) is 0 Å². The summed E-state index contributed by atoms with van der Waals surface area (Å²) in [5, 5.41) is 22.2. The van der Waals surface area contributed by atoms with Crippen molar-refractivity contribution in [3.8, 4) is 22.8 Å². The van der Waals surface area contributed by atoms with E-state index < -0.39 is 5.97 Å². The molecule has 6 heteroatoms. The summed E-state index contributed by atoms with van der Waals surface area (Å²) < 4.78 is 10.1. The van der Waals surface area contributed by atoms with E-state index in [0.29, 0.717) is 22.6 Å². The van der Waals surface area contributed by atoms with Crippen molar-refractivity contribution in [2.45, 2.75) is 13.8 Å². The van der Waals surface area contributed by atoms with Gasteiger partial charge >= 0.3 is 5.97 Å². The van der Waals surface area contributed by atoms with E-state index in [1.807, 2.05) is 0 Å². The highest BCUT2D eigenvalue weighted by Crippen LogP contribution is 2.38. The summed E-state index contributed by atoms with van der Waals surface area (Å²) in [6.07, 6.45) is 0. The van der Waals surface area contributed by atoms with Crippen molar-refractivity contribution >= 4 is 5.97 Å². The molecule has 0 aliphatic heterocycles. The summed E-state index contributed by atoms with van der Waals surface area (Å²) in [7, 11) is 1.44. The van der Waals surface area contributed by atoms with Crippen molar-refractivity contribution < 1.29 is 24.3 Å². The number of carboxylic acid groups (broad SMARTS) is 1. The molecule has 0 saturated heterocycles. The molecule has 100 valence electrons. The third-order valence-electron chi connectivity index (χ3n) is 3.05. The Labute approximate surface area is 109 Å². The van der Waals surface area contributed by atoms with E-state index in [0.717, 1.165) is 5.56 Å². The van der Waals surface area contributed by atoms with Gasteiger partial charge in [0, 0.05) is 11.6 Å². The Bertz CT molecular complexity index is 645. The second-order valence-corrected chi connectivity index (χ2v) is 4.11. The molecule has 0 aliphatic rings. The highest BCUT2D eigenvalue weighted by molar-refractivity contribution is 5.86. The molecule has 1 aromatic carbocycles. The minimum absolute atomic E-state index is 0.0572. The molecule has 0 saturated carbocycles. The molecule has 0 spiro atoms. The summed E-state index contributed by atoms with van der Waals surface area (Å²) in [4.78, 5) is 10.8. The van der Waals surface area contributed by atoms with Gasteiger partial charge in [0.1, 0.15) is 0 Å². The first-order valence-corrected chi connectivity index (χ1v) is 5.53. The van der Waals surface area contributed by atoms with Crippen LogP contribution in [0.4, 0.5) is 0 Å². The number of nitrogens with zero attached hydrogens (tertiary/aromatic N) is 1. The number of ether oxygens (including phenoxy) is 1. The molecule has 19 heavy (non-hydrogen) atoms. The average molecular weight is 263 g/mol. The number of aromatic carboxylic acids is 1. The van der Waals surface area contributed by atoms with Crippen LogP contribution < -0.4 is 4.74 Å². The van der Waals surface area contributed by atoms with E-state index in [4.69, 9.17) is 14.4 Å². The van der Waals surface area contributed by atoms with E-state index in [1.165, 1.54) is 13.2 Å². The lowest BCUT2D eigenvalue weighted by molar-refractivity contribution is 0.0686. The van der Waals surface area contributed by atoms with Crippen LogP contribution in [-0.2, 0) is 0 Å². The highest BCUT2D eigenvalue weighted by atomic mass is 16.5. The first kappa shape index (κ1) is 12.9. The quantitative estimate of drug-likeness (QED) is 0.883. The number of carboxylic acids is 1. The predicted octanol–water partition coefficient (Wildman–Crippen LogP) is 2.37. The molecule has 2 aromatic rings. The number of rotatable bonds is 3. The van der Waals surface area contributed by atoms with Gasteiger partial charge in [-0.25, -0.2) is 4.79 Å². The minimum atomic E-state index is -1.16. The summed E-state index contributed by atoms with van der Waals surface area (Å²) in [6, 6.07) is 2.92. The smallest absolute Gasteiger partial charge is 0.358 e. The highest BCUT2D eigenvalue weighted by Gasteiger charge is 2.18. The Kier molecular flexibility index (Phi) is 3.16. The predicted molar refractivity (Wildman–Crippen MR) is 66.6 cm³/mol. The van der Waals surface area contributed by atoms with Gasteiger partial charge in [0.25, 0.3) is 0 Å². The molecular formula is C13H13NO5. The topological polar surface area (TPSA) is 92.8 Å². The van der Waals surface area contributed by atoms with Gasteiger partial charge < -0.3 is 19.5 Å². The van der Waals surface area contributed by atoms with Gasteiger partial charge in [0.15, 0.2) is 23.0 Å². The molecule has 2 N–H and O–H groups in total. The fraction of sp³-hybridized carbons (Fsp3) is 0.231. The van der Waals surface area contributed by atoms with Crippen molar-refractivity contribution in [3.63, 3.8) is 0 Å². The Hall–Kier alpha value is -2.50. The van der Waals surface area contributed by atoms with Crippen LogP contribution in [0.15, 0.2) is 16.7 Å². The average Bonchev–Trinajstić information content (AvgIpc) is 2.86. The number of hydrogen-bond acceptors (Lipinski definition) is 5. The molecular weight excluding hydrogens is 250 g/mol. The lowest BCUT2D eigenvalue weighted by atomic mass is 9.99. The van der Waals surface area contributed by atoms with Gasteiger partial charge in [-0.2, -0.15) is 0 Å². The summed E-state index contributed by atoms with van der Waals surface area (Å²) in [6.45, 7) is 3.54. The van der Waals surface area contributed by atoms with Crippen molar-refractivity contribution in [1.82, 2.24) is 5.16 Å². The molecule has 6 nitrogen and oxygen atoms in total. The molecule has 0 unspecified atom stereocenters. The standard InChI is InChI=1S/C13H13NO5/c1-6-7(2)12(15)11(18-3)4-8(6)10-5-9(13(16)17)14-19-10/h4-5,15H,1-3H3,(H,16,17). The van der Waals surface area contributed by atoms with E-state index in [2.05, 4.69) is 5.16 Å². The maximum Gasteiger partial charge on any atom is 0.358 e. The second-order valence-electron chi connectivity index (χ2n) is 4.11. The molecule has 0 fully saturated rings. The molecule has 2 rings (SSSR count). The number of phenols is 1. The van der Waals surface area contributed by atoms with Gasteiger partial charge in [-0.05, 0) is 31.0 Å². The Balaban J connectivity index is 2.61. The van der Waals surface area contributed by atoms with Crippen LogP contribution in [0, 0.1) is 13.8 Å². The Morgan fingerprint density at radius 3 is 2.53 bits per heavy atom. The number of hydrogen-bond donors (Lipinski definition) is 2. The van der Waals surface area contributed by atoms with Gasteiger partial charge in [-0.1, -0.05) is 5.16 Å². The van der Waals surface area contributed by atoms with Crippen LogP contribution in [-0.4, -0.2) is 28.4 Å². The summed E-state index contributed by atoms with van der Waals surface area (Å²) in [5.74, 6) is -0.487. The zero-order chi connectivity index (χ0) is 14.2. The van der Waals surface area contributed by atoms with Crippen LogP contribution in [0.3, 0.4) is 0 Å². The third kappa shape index (κ3) is 2.12. The molecule has 0 aliphatic carbocycles. The van der Waals surface area contributed by atoms with Crippen molar-refractivity contribution in [2.75, 3.05) is 7.11 Å². The van der Waals surface area contributed by atoms with E-state index in [9.17, 15) is 9.90 Å². The lowest BCUT2D eigenvalue weighted by Crippen LogP contribution is -1.95. The van der Waals surface area contributed by atoms with Crippen LogP contribution in [0.2, 0.25) is 0 Å². The number of methoxy groups -OCH3 is 1. The number of benzene rings is 1. The molecule has 0 radical (unpaired) electrons. The van der Waals surface area contributed by atoms with Crippen LogP contribution in [0.5, 0.6) is 11.5 Å². The van der Waals surface area contributed by atoms with Crippen molar-refractivity contribution in [2.24, 2.45) is 0 Å². The largest absolute Gasteiger partial charge is 0.504 e. The monoisotopic (exact) mass is 263 g/mol. The maximum absolute atomic E-state index is 10.8. The first-order chi connectivity index (χ1) is 8.95. The fourth-order valence-corrected chi connectivity index (χ4v) is 1.79. The van der Waals surface area contributed by atoms with E-state index >= 15 is 0 Å².